The zero-order valence-electron chi connectivity index (χ0n) is 27.2. The summed E-state index contributed by atoms with van der Waals surface area (Å²) in [6.07, 6.45) is 12.4. The van der Waals surface area contributed by atoms with E-state index in [0.717, 1.165) is 90.3 Å². The van der Waals surface area contributed by atoms with Gasteiger partial charge in [0.15, 0.2) is 6.54 Å². The molecule has 5 rings (SSSR count). The van der Waals surface area contributed by atoms with Crippen LogP contribution in [0.25, 0.3) is 22.4 Å². The van der Waals surface area contributed by atoms with Crippen LogP contribution in [0.5, 0.6) is 5.75 Å². The molecule has 0 amide bonds. The number of hydrogen-bond donors (Lipinski definition) is 1. The maximum Gasteiger partial charge on any atom is 0.335 e. The van der Waals surface area contributed by atoms with Crippen LogP contribution in [-0.4, -0.2) is 30.8 Å². The predicted octanol–water partition coefficient (Wildman–Crippen LogP) is 5.43. The van der Waals surface area contributed by atoms with Gasteiger partial charge in [0.2, 0.25) is 16.4 Å². The van der Waals surface area contributed by atoms with Crippen molar-refractivity contribution in [2.45, 2.75) is 97.1 Å². The first-order valence-corrected chi connectivity index (χ1v) is 17.1. The van der Waals surface area contributed by atoms with Crippen molar-refractivity contribution < 1.29 is 19.2 Å². The number of carboxylic acids is 1. The molecule has 0 fully saturated rings. The number of nitrogens with zero attached hydrogens (tertiary/aromatic N) is 2. The second-order valence-electron chi connectivity index (χ2n) is 12.7. The first-order valence-electron chi connectivity index (χ1n) is 16.3. The standard InChI is InChI=1S/C37H44N2O5S/c1-6-8-10-12-18-38-29-16-14-24(36(42)43)20-28(29)37(3,4)32(38)22-26-34(40)27(35(26)41)23-33-39(19-13-11-9-7-2)30-21-25(44-5)15-17-31(30)45-33/h14-17,20-23,32H,6-13,18-19H2,1-5H3/p+1. The van der Waals surface area contributed by atoms with Crippen molar-refractivity contribution in [1.82, 2.24) is 0 Å². The molecular formula is C37H45N2O5S+. The van der Waals surface area contributed by atoms with Crippen molar-refractivity contribution >= 4 is 45.4 Å². The molecular weight excluding hydrogens is 584 g/mol. The lowest BCUT2D eigenvalue weighted by atomic mass is 9.79. The smallest absolute Gasteiger partial charge is 0.335 e. The van der Waals surface area contributed by atoms with Crippen molar-refractivity contribution in [3.8, 4) is 5.75 Å². The van der Waals surface area contributed by atoms with Gasteiger partial charge in [-0.1, -0.05) is 71.1 Å². The first-order chi connectivity index (χ1) is 21.6. The van der Waals surface area contributed by atoms with Gasteiger partial charge in [0.05, 0.1) is 35.2 Å². The Kier molecular flexibility index (Phi) is 9.92. The average molecular weight is 630 g/mol. The number of aryl methyl sites for hydroxylation is 1. The zero-order chi connectivity index (χ0) is 32.3. The molecule has 1 unspecified atom stereocenters. The maximum absolute atomic E-state index is 13.6. The van der Waals surface area contributed by atoms with Crippen LogP contribution in [0, 0.1) is 0 Å². The van der Waals surface area contributed by atoms with Gasteiger partial charge in [0.1, 0.15) is 10.4 Å². The van der Waals surface area contributed by atoms with Gasteiger partial charge in [0.25, 0.3) is 5.01 Å². The zero-order valence-corrected chi connectivity index (χ0v) is 28.0. The molecule has 1 N–H and O–H groups in total. The minimum atomic E-state index is -0.966. The van der Waals surface area contributed by atoms with Gasteiger partial charge < -0.3 is 14.7 Å². The van der Waals surface area contributed by atoms with Crippen LogP contribution in [0.2, 0.25) is 0 Å². The van der Waals surface area contributed by atoms with Gasteiger partial charge >= 0.3 is 5.97 Å². The molecule has 0 radical (unpaired) electrons. The van der Waals surface area contributed by atoms with Crippen LogP contribution < -0.4 is 35.5 Å². The molecule has 4 aromatic rings. The second-order valence-corrected chi connectivity index (χ2v) is 13.8. The molecule has 0 bridgehead atoms. The second kappa shape index (κ2) is 13.7. The van der Waals surface area contributed by atoms with E-state index in [0.29, 0.717) is 0 Å². The summed E-state index contributed by atoms with van der Waals surface area (Å²) < 4.78 is 8.78. The largest absolute Gasteiger partial charge is 0.497 e. The monoisotopic (exact) mass is 629 g/mol. The fraction of sp³-hybridized carbons (Fsp3) is 0.459. The van der Waals surface area contributed by atoms with Crippen molar-refractivity contribution in [3.63, 3.8) is 0 Å². The Hall–Kier alpha value is -3.78. The van der Waals surface area contributed by atoms with Gasteiger partial charge in [-0.15, -0.1) is 0 Å². The Morgan fingerprint density at radius 1 is 0.978 bits per heavy atom. The van der Waals surface area contributed by atoms with E-state index in [4.69, 9.17) is 4.74 Å². The third kappa shape index (κ3) is 6.35. The number of ether oxygens (including phenoxy) is 1. The summed E-state index contributed by atoms with van der Waals surface area (Å²) in [6.45, 7) is 10.1. The highest BCUT2D eigenvalue weighted by Gasteiger charge is 2.43. The molecule has 238 valence electrons. The lowest BCUT2D eigenvalue weighted by Crippen LogP contribution is -2.65. The number of unbranched alkanes of at least 4 members (excludes halogenated alkanes) is 6. The summed E-state index contributed by atoms with van der Waals surface area (Å²) >= 11 is 1.58. The van der Waals surface area contributed by atoms with E-state index in [1.807, 2.05) is 30.3 Å². The number of carboxylic acid groups (broad SMARTS) is 1. The van der Waals surface area contributed by atoms with E-state index in [1.54, 1.807) is 36.7 Å². The van der Waals surface area contributed by atoms with E-state index in [1.165, 1.54) is 6.42 Å². The quantitative estimate of drug-likeness (QED) is 0.148. The third-order valence-corrected chi connectivity index (χ3v) is 10.4. The number of aromatic carboxylic acids is 1. The van der Waals surface area contributed by atoms with Crippen LogP contribution in [-0.2, 0) is 12.0 Å². The Morgan fingerprint density at radius 3 is 2.36 bits per heavy atom. The number of fused-ring (bicyclic) bond motifs is 2. The molecule has 45 heavy (non-hydrogen) atoms. The molecule has 7 nitrogen and oxygen atoms in total. The van der Waals surface area contributed by atoms with E-state index < -0.39 is 11.4 Å². The fourth-order valence-corrected chi connectivity index (χ4v) is 7.75. The lowest BCUT2D eigenvalue weighted by Gasteiger charge is -2.32. The van der Waals surface area contributed by atoms with Crippen molar-refractivity contribution in [2.75, 3.05) is 18.6 Å². The SMILES string of the molecule is CCCCCCN1c2ccc(C(=O)O)cc2C(C)(C)C1C=c1c(=O)c(=Cc2sc3ccc(OC)cc3[n+]2CCCCCC)c1=O. The molecule has 3 aromatic carbocycles. The Labute approximate surface area is 268 Å². The topological polar surface area (TPSA) is 87.8 Å². The van der Waals surface area contributed by atoms with Crippen LogP contribution in [0.3, 0.4) is 0 Å². The van der Waals surface area contributed by atoms with Crippen molar-refractivity contribution in [3.05, 3.63) is 83.4 Å². The normalized spacial score (nSPS) is 15.5. The molecule has 2 heterocycles. The van der Waals surface area contributed by atoms with Crippen LogP contribution in [0.4, 0.5) is 5.69 Å². The van der Waals surface area contributed by atoms with Gasteiger partial charge in [-0.3, -0.25) is 9.59 Å². The lowest BCUT2D eigenvalue weighted by molar-refractivity contribution is -0.669. The van der Waals surface area contributed by atoms with Crippen molar-refractivity contribution in [2.24, 2.45) is 0 Å². The van der Waals surface area contributed by atoms with Gasteiger partial charge in [0, 0.05) is 30.1 Å². The number of methoxy groups -OCH3 is 1. The Bertz CT molecular complexity index is 1860. The van der Waals surface area contributed by atoms with E-state index >= 15 is 0 Å². The number of benzene rings is 2. The molecule has 1 aromatic heterocycles. The average Bonchev–Trinajstić information content (AvgIpc) is 3.48. The summed E-state index contributed by atoms with van der Waals surface area (Å²) in [5.41, 5.74) is 2.24. The first kappa shape index (κ1) is 32.6. The van der Waals surface area contributed by atoms with Crippen molar-refractivity contribution in [1.29, 1.82) is 0 Å². The summed E-state index contributed by atoms with van der Waals surface area (Å²) in [7, 11) is 1.66. The number of thiazole rings is 1. The minimum Gasteiger partial charge on any atom is -0.497 e. The van der Waals surface area contributed by atoms with E-state index in [-0.39, 0.29) is 32.9 Å². The molecule has 1 atom stereocenters. The molecule has 8 heteroatoms. The highest BCUT2D eigenvalue weighted by Crippen LogP contribution is 2.46. The summed E-state index contributed by atoms with van der Waals surface area (Å²) in [5, 5.41) is 11.0. The highest BCUT2D eigenvalue weighted by molar-refractivity contribution is 7.18. The third-order valence-electron chi connectivity index (χ3n) is 9.32. The number of anilines is 1. The summed E-state index contributed by atoms with van der Waals surface area (Å²) in [4.78, 5) is 41.3. The van der Waals surface area contributed by atoms with E-state index in [2.05, 4.69) is 37.2 Å². The minimum absolute atomic E-state index is 0.220. The van der Waals surface area contributed by atoms with Crippen LogP contribution >= 0.6 is 11.3 Å². The fourth-order valence-electron chi connectivity index (χ4n) is 6.64. The van der Waals surface area contributed by atoms with Crippen LogP contribution in [0.1, 0.15) is 100.0 Å². The maximum atomic E-state index is 13.6. The van der Waals surface area contributed by atoms with Crippen LogP contribution in [0.15, 0.2) is 46.0 Å². The summed E-state index contributed by atoms with van der Waals surface area (Å²) in [5.74, 6) is -0.191. The molecule has 0 spiro atoms. The van der Waals surface area contributed by atoms with Gasteiger partial charge in [-0.2, -0.15) is 4.57 Å². The number of rotatable bonds is 14. The number of aromatic nitrogens is 1. The number of carbonyl (C=O) groups is 1. The Balaban J connectivity index is 1.56. The van der Waals surface area contributed by atoms with Gasteiger partial charge in [-0.25, -0.2) is 4.79 Å². The van der Waals surface area contributed by atoms with E-state index in [9.17, 15) is 19.5 Å². The summed E-state index contributed by atoms with van der Waals surface area (Å²) in [6, 6.07) is 11.0. The highest BCUT2D eigenvalue weighted by atomic mass is 32.1. The predicted molar refractivity (Wildman–Crippen MR) is 183 cm³/mol. The molecule has 0 saturated heterocycles. The Morgan fingerprint density at radius 2 is 1.69 bits per heavy atom. The molecule has 1 aliphatic rings. The van der Waals surface area contributed by atoms with Gasteiger partial charge in [-0.05, 0) is 54.8 Å². The molecule has 0 saturated carbocycles. The molecule has 1 aliphatic heterocycles. The molecule has 0 aliphatic carbocycles. The number of hydrogen-bond acceptors (Lipinski definition) is 6.